The highest BCUT2D eigenvalue weighted by atomic mass is 32.1. The number of para-hydroxylation sites is 1. The third-order valence-electron chi connectivity index (χ3n) is 4.88. The average molecular weight is 496 g/mol. The van der Waals surface area contributed by atoms with Gasteiger partial charge in [0.2, 0.25) is 11.6 Å². The van der Waals surface area contributed by atoms with Crippen molar-refractivity contribution in [3.05, 3.63) is 70.2 Å². The maximum Gasteiger partial charge on any atom is 0.340 e. The van der Waals surface area contributed by atoms with Gasteiger partial charge in [-0.2, -0.15) is 11.3 Å². The highest BCUT2D eigenvalue weighted by molar-refractivity contribution is 7.08. The number of carbonyl (C=O) groups is 2. The lowest BCUT2D eigenvalue weighted by Gasteiger charge is -2.12. The van der Waals surface area contributed by atoms with Gasteiger partial charge in [0.15, 0.2) is 18.1 Å². The molecule has 0 aliphatic heterocycles. The van der Waals surface area contributed by atoms with Crippen LogP contribution in [0.25, 0.3) is 11.5 Å². The first-order valence-corrected chi connectivity index (χ1v) is 11.2. The molecule has 0 saturated heterocycles. The van der Waals surface area contributed by atoms with Crippen LogP contribution in [0, 0.1) is 0 Å². The van der Waals surface area contributed by atoms with E-state index in [2.05, 4.69) is 15.5 Å². The van der Waals surface area contributed by atoms with Crippen molar-refractivity contribution in [2.24, 2.45) is 0 Å². The minimum Gasteiger partial charge on any atom is -0.493 e. The molecule has 0 aliphatic rings. The van der Waals surface area contributed by atoms with E-state index < -0.39 is 5.97 Å². The van der Waals surface area contributed by atoms with Gasteiger partial charge in [-0.05, 0) is 35.7 Å². The van der Waals surface area contributed by atoms with E-state index in [0.29, 0.717) is 34.1 Å². The Kier molecular flexibility index (Phi) is 7.27. The lowest BCUT2D eigenvalue weighted by Crippen LogP contribution is -2.15. The maximum absolute atomic E-state index is 12.7. The number of nitrogens with one attached hydrogen (secondary N) is 1. The second kappa shape index (κ2) is 10.7. The summed E-state index contributed by atoms with van der Waals surface area (Å²) in [4.78, 5) is 25.1. The van der Waals surface area contributed by atoms with Crippen molar-refractivity contribution >= 4 is 28.9 Å². The molecular formula is C24H21N3O7S. The van der Waals surface area contributed by atoms with Crippen molar-refractivity contribution in [1.82, 2.24) is 10.2 Å². The number of amides is 1. The monoisotopic (exact) mass is 495 g/mol. The molecule has 4 aromatic rings. The predicted octanol–water partition coefficient (Wildman–Crippen LogP) is 4.43. The number of benzene rings is 2. The van der Waals surface area contributed by atoms with E-state index in [1.807, 2.05) is 0 Å². The van der Waals surface area contributed by atoms with Crippen LogP contribution in [0.1, 0.15) is 26.6 Å². The second-order valence-corrected chi connectivity index (χ2v) is 7.78. The van der Waals surface area contributed by atoms with Gasteiger partial charge in [0.1, 0.15) is 0 Å². The first-order valence-electron chi connectivity index (χ1n) is 10.3. The van der Waals surface area contributed by atoms with Crippen LogP contribution in [-0.4, -0.2) is 43.4 Å². The smallest absolute Gasteiger partial charge is 0.340 e. The van der Waals surface area contributed by atoms with Crippen molar-refractivity contribution in [3.63, 3.8) is 0 Å². The average Bonchev–Trinajstić information content (AvgIpc) is 3.59. The second-order valence-electron chi connectivity index (χ2n) is 7.00. The molecular weight excluding hydrogens is 474 g/mol. The van der Waals surface area contributed by atoms with E-state index in [-0.39, 0.29) is 29.9 Å². The van der Waals surface area contributed by atoms with E-state index in [9.17, 15) is 9.59 Å². The van der Waals surface area contributed by atoms with Crippen LogP contribution in [0.4, 0.5) is 5.69 Å². The number of methoxy groups -OCH3 is 3. The lowest BCUT2D eigenvalue weighted by atomic mass is 10.1. The van der Waals surface area contributed by atoms with E-state index in [1.54, 1.807) is 53.2 Å². The van der Waals surface area contributed by atoms with Crippen molar-refractivity contribution in [2.75, 3.05) is 26.6 Å². The third kappa shape index (κ3) is 5.25. The zero-order valence-corrected chi connectivity index (χ0v) is 19.9. The molecule has 0 unspecified atom stereocenters. The fourth-order valence-electron chi connectivity index (χ4n) is 3.20. The van der Waals surface area contributed by atoms with Gasteiger partial charge in [-0.25, -0.2) is 4.79 Å². The van der Waals surface area contributed by atoms with Gasteiger partial charge in [0.25, 0.3) is 11.8 Å². The molecule has 11 heteroatoms. The first-order chi connectivity index (χ1) is 17.0. The summed E-state index contributed by atoms with van der Waals surface area (Å²) in [6.07, 6.45) is 0. The molecule has 180 valence electrons. The summed E-state index contributed by atoms with van der Waals surface area (Å²) in [6.45, 7) is -0.261. The summed E-state index contributed by atoms with van der Waals surface area (Å²) in [5, 5.41) is 14.2. The Labute approximate surface area is 204 Å². The van der Waals surface area contributed by atoms with Crippen molar-refractivity contribution < 1.29 is 33.0 Å². The van der Waals surface area contributed by atoms with Gasteiger partial charge in [-0.15, -0.1) is 10.2 Å². The highest BCUT2D eigenvalue weighted by Crippen LogP contribution is 2.40. The minimum absolute atomic E-state index is 0.0851. The molecule has 1 amide bonds. The van der Waals surface area contributed by atoms with Crippen molar-refractivity contribution in [2.45, 2.75) is 6.61 Å². The Balaban J connectivity index is 1.46. The summed E-state index contributed by atoms with van der Waals surface area (Å²) in [5.41, 5.74) is 1.56. The Morgan fingerprint density at radius 3 is 2.40 bits per heavy atom. The topological polar surface area (TPSA) is 122 Å². The standard InChI is InChI=1S/C24H21N3O7S/c1-30-18-10-15(11-19(31-2)21(18)32-3)23-27-26-20(34-23)12-33-24(29)16-6-4-5-7-17(16)25-22(28)14-8-9-35-13-14/h4-11,13H,12H2,1-3H3,(H,25,28). The molecule has 0 spiro atoms. The number of esters is 1. The molecule has 0 bridgehead atoms. The number of anilines is 1. The molecule has 0 atom stereocenters. The number of nitrogens with zero attached hydrogens (tertiary/aromatic N) is 2. The summed E-state index contributed by atoms with van der Waals surface area (Å²) in [5.74, 6) is 0.568. The number of aromatic nitrogens is 2. The van der Waals surface area contributed by atoms with Gasteiger partial charge >= 0.3 is 5.97 Å². The Hall–Kier alpha value is -4.38. The van der Waals surface area contributed by atoms with E-state index in [4.69, 9.17) is 23.4 Å². The van der Waals surface area contributed by atoms with Crippen LogP contribution >= 0.6 is 11.3 Å². The lowest BCUT2D eigenvalue weighted by molar-refractivity contribution is 0.0440. The molecule has 0 fully saturated rings. The summed E-state index contributed by atoms with van der Waals surface area (Å²) < 4.78 is 27.0. The SMILES string of the molecule is COc1cc(-c2nnc(COC(=O)c3ccccc3NC(=O)c3ccsc3)o2)cc(OC)c1OC. The predicted molar refractivity (Wildman–Crippen MR) is 127 cm³/mol. The number of thiophene rings is 1. The van der Waals surface area contributed by atoms with E-state index in [1.165, 1.54) is 32.7 Å². The molecule has 0 radical (unpaired) electrons. The van der Waals surface area contributed by atoms with Crippen LogP contribution < -0.4 is 19.5 Å². The van der Waals surface area contributed by atoms with Crippen LogP contribution in [0.15, 0.2) is 57.6 Å². The molecule has 2 aromatic carbocycles. The normalized spacial score (nSPS) is 10.5. The largest absolute Gasteiger partial charge is 0.493 e. The van der Waals surface area contributed by atoms with Gasteiger partial charge < -0.3 is 28.7 Å². The zero-order chi connectivity index (χ0) is 24.8. The molecule has 10 nitrogen and oxygen atoms in total. The fourth-order valence-corrected chi connectivity index (χ4v) is 3.83. The fraction of sp³-hybridized carbons (Fsp3) is 0.167. The van der Waals surface area contributed by atoms with Crippen LogP contribution in [0.5, 0.6) is 17.2 Å². The number of rotatable bonds is 9. The van der Waals surface area contributed by atoms with Gasteiger partial charge in [-0.3, -0.25) is 4.79 Å². The number of ether oxygens (including phenoxy) is 4. The minimum atomic E-state index is -0.654. The summed E-state index contributed by atoms with van der Waals surface area (Å²) in [6, 6.07) is 11.6. The molecule has 2 aromatic heterocycles. The van der Waals surface area contributed by atoms with Crippen molar-refractivity contribution in [1.29, 1.82) is 0 Å². The van der Waals surface area contributed by atoms with Gasteiger partial charge in [0, 0.05) is 10.9 Å². The Bertz CT molecular complexity index is 1310. The van der Waals surface area contributed by atoms with Crippen LogP contribution in [-0.2, 0) is 11.3 Å². The van der Waals surface area contributed by atoms with Crippen LogP contribution in [0.2, 0.25) is 0 Å². The first kappa shape index (κ1) is 23.8. The molecule has 1 N–H and O–H groups in total. The van der Waals surface area contributed by atoms with Gasteiger partial charge in [0.05, 0.1) is 38.1 Å². The Morgan fingerprint density at radius 2 is 1.74 bits per heavy atom. The molecule has 0 saturated carbocycles. The van der Waals surface area contributed by atoms with Crippen LogP contribution in [0.3, 0.4) is 0 Å². The van der Waals surface area contributed by atoms with Crippen molar-refractivity contribution in [3.8, 4) is 28.7 Å². The molecule has 35 heavy (non-hydrogen) atoms. The van der Waals surface area contributed by atoms with Gasteiger partial charge in [-0.1, -0.05) is 12.1 Å². The maximum atomic E-state index is 12.7. The molecule has 4 rings (SSSR count). The molecule has 2 heterocycles. The van der Waals surface area contributed by atoms with E-state index in [0.717, 1.165) is 0 Å². The summed E-state index contributed by atoms with van der Waals surface area (Å²) in [7, 11) is 4.51. The Morgan fingerprint density at radius 1 is 1.00 bits per heavy atom. The number of hydrogen-bond donors (Lipinski definition) is 1. The highest BCUT2D eigenvalue weighted by Gasteiger charge is 2.19. The third-order valence-corrected chi connectivity index (χ3v) is 5.57. The molecule has 0 aliphatic carbocycles. The number of carbonyl (C=O) groups excluding carboxylic acids is 2. The number of hydrogen-bond acceptors (Lipinski definition) is 10. The van der Waals surface area contributed by atoms with E-state index >= 15 is 0 Å². The zero-order valence-electron chi connectivity index (χ0n) is 19.1. The quantitative estimate of drug-likeness (QED) is 0.336. The summed E-state index contributed by atoms with van der Waals surface area (Å²) >= 11 is 1.40.